The van der Waals surface area contributed by atoms with Gasteiger partial charge in [-0.2, -0.15) is 0 Å². The van der Waals surface area contributed by atoms with Gasteiger partial charge in [0.2, 0.25) is 0 Å². The van der Waals surface area contributed by atoms with E-state index < -0.39 is 13.3 Å². The second-order valence-electron chi connectivity index (χ2n) is 12.5. The van der Waals surface area contributed by atoms with Gasteiger partial charge in [-0.05, 0) is 0 Å². The molecule has 40 heavy (non-hydrogen) atoms. The fourth-order valence-electron chi connectivity index (χ4n) is 6.89. The van der Waals surface area contributed by atoms with E-state index in [1.165, 1.54) is 48.3 Å². The van der Waals surface area contributed by atoms with Crippen molar-refractivity contribution in [2.45, 2.75) is 87.7 Å². The molecule has 0 radical (unpaired) electrons. The monoisotopic (exact) mass is 604 g/mol. The molecule has 0 heterocycles. The number of thioether (sulfide) groups is 1. The third-order valence-electron chi connectivity index (χ3n) is 8.82. The molecule has 1 aliphatic rings. The Morgan fingerprint density at radius 3 is 1.52 bits per heavy atom. The van der Waals surface area contributed by atoms with E-state index >= 15 is 0 Å². The topological polar surface area (TPSA) is 0 Å². The van der Waals surface area contributed by atoms with Gasteiger partial charge in [0.15, 0.2) is 0 Å². The summed E-state index contributed by atoms with van der Waals surface area (Å²) in [5, 5.41) is 14.1. The predicted molar refractivity (Wildman–Crippen MR) is 184 cm³/mol. The van der Waals surface area contributed by atoms with Gasteiger partial charge in [-0.25, -0.2) is 0 Å². The SMILES string of the molecule is CC(C)SC#Cc1c2cc3c(cc2c(C#[C][Ge]([CH](C)C)([CH](C)C)[CH](C)C)c2cc4ccccc4cc12)=CCCC=3. The third-order valence-corrected chi connectivity index (χ3v) is 22.7. The Kier molecular flexibility index (Phi) is 8.48. The van der Waals surface area contributed by atoms with E-state index in [4.69, 9.17) is 0 Å². The molecule has 1 aliphatic carbocycles. The van der Waals surface area contributed by atoms with Gasteiger partial charge < -0.3 is 0 Å². The molecule has 2 heteroatoms. The molecule has 0 saturated heterocycles. The van der Waals surface area contributed by atoms with Crippen LogP contribution in [0.2, 0.25) is 14.3 Å². The summed E-state index contributed by atoms with van der Waals surface area (Å²) in [4.78, 5) is 0. The van der Waals surface area contributed by atoms with Gasteiger partial charge in [0, 0.05) is 0 Å². The first kappa shape index (κ1) is 28.9. The van der Waals surface area contributed by atoms with Gasteiger partial charge in [-0.15, -0.1) is 0 Å². The zero-order valence-electron chi connectivity index (χ0n) is 25.4. The summed E-state index contributed by atoms with van der Waals surface area (Å²) in [5.41, 5.74) is 2.33. The number of benzene rings is 4. The standard InChI is InChI=1S/C38H42GeS/c1-25(2)39(26(3)4,27(5)6)19-17-33-35-21-29-13-9-11-15-31(29)23-37(35)34(18-20-40-28(7)8)38-24-32-16-12-10-14-30(32)22-36(33)38/h9,11,13-16,21-28H,10,12H2,1-8H3. The molecule has 0 amide bonds. The van der Waals surface area contributed by atoms with Gasteiger partial charge in [-0.1, -0.05) is 0 Å². The summed E-state index contributed by atoms with van der Waals surface area (Å²) in [6, 6.07) is 18.3. The van der Waals surface area contributed by atoms with E-state index in [9.17, 15) is 0 Å². The molecular weight excluding hydrogens is 561 g/mol. The quantitative estimate of drug-likeness (QED) is 0.127. The Bertz CT molecular complexity index is 1830. The first-order chi connectivity index (χ1) is 19.1. The fraction of sp³-hybridized carbons (Fsp3) is 0.368. The van der Waals surface area contributed by atoms with Crippen LogP contribution in [0.1, 0.15) is 79.4 Å². The summed E-state index contributed by atoms with van der Waals surface area (Å²) in [5.74, 6) is 7.58. The minimum atomic E-state index is -2.57. The van der Waals surface area contributed by atoms with Crippen LogP contribution in [0, 0.1) is 21.8 Å². The van der Waals surface area contributed by atoms with E-state index in [0.717, 1.165) is 18.4 Å². The second kappa shape index (κ2) is 11.7. The number of hydrogen-bond donors (Lipinski definition) is 0. The van der Waals surface area contributed by atoms with Crippen molar-refractivity contribution in [3.05, 3.63) is 70.1 Å². The van der Waals surface area contributed by atoms with E-state index in [0.29, 0.717) is 19.5 Å². The molecule has 0 fully saturated rings. The maximum atomic E-state index is 4.12. The van der Waals surface area contributed by atoms with Crippen molar-refractivity contribution in [1.82, 2.24) is 0 Å². The zero-order chi connectivity index (χ0) is 28.6. The molecule has 0 nitrogen and oxygen atoms in total. The Balaban J connectivity index is 1.98. The Morgan fingerprint density at radius 2 is 1.07 bits per heavy atom. The Labute approximate surface area is 248 Å². The van der Waals surface area contributed by atoms with Crippen molar-refractivity contribution in [1.29, 1.82) is 0 Å². The molecular formula is C38H42GeS. The molecule has 5 rings (SSSR count). The van der Waals surface area contributed by atoms with Crippen LogP contribution in [0.5, 0.6) is 0 Å². The van der Waals surface area contributed by atoms with Crippen LogP contribution in [0.4, 0.5) is 0 Å². The third kappa shape index (κ3) is 5.25. The van der Waals surface area contributed by atoms with Crippen molar-refractivity contribution < 1.29 is 0 Å². The molecule has 0 aromatic heterocycles. The molecule has 0 atom stereocenters. The fourth-order valence-corrected chi connectivity index (χ4v) is 18.2. The minimum absolute atomic E-state index is 0.467. The van der Waals surface area contributed by atoms with E-state index in [1.807, 2.05) is 0 Å². The van der Waals surface area contributed by atoms with Crippen molar-refractivity contribution in [2.75, 3.05) is 0 Å². The van der Waals surface area contributed by atoms with Crippen LogP contribution in [0.25, 0.3) is 44.5 Å². The van der Waals surface area contributed by atoms with Crippen LogP contribution in [-0.4, -0.2) is 18.5 Å². The molecule has 0 unspecified atom stereocenters. The number of fused-ring (bicyclic) bond motifs is 4. The van der Waals surface area contributed by atoms with Crippen molar-refractivity contribution in [3.8, 4) is 21.8 Å². The summed E-state index contributed by atoms with van der Waals surface area (Å²) in [6.07, 6.45) is 6.99. The average molecular weight is 603 g/mol. The summed E-state index contributed by atoms with van der Waals surface area (Å²) in [7, 11) is 0. The number of rotatable bonds is 4. The van der Waals surface area contributed by atoms with Crippen LogP contribution < -0.4 is 10.4 Å². The first-order valence-corrected chi connectivity index (χ1v) is 20.5. The van der Waals surface area contributed by atoms with Gasteiger partial charge >= 0.3 is 249 Å². The molecule has 4 aromatic carbocycles. The molecule has 204 valence electrons. The maximum absolute atomic E-state index is 4.12. The van der Waals surface area contributed by atoms with Crippen LogP contribution in [-0.2, 0) is 0 Å². The Morgan fingerprint density at radius 1 is 0.625 bits per heavy atom. The van der Waals surface area contributed by atoms with E-state index in [1.54, 1.807) is 11.8 Å². The van der Waals surface area contributed by atoms with Crippen molar-refractivity contribution >= 4 is 69.5 Å². The summed E-state index contributed by atoms with van der Waals surface area (Å²) < 4.78 is 6.03. The second-order valence-corrected chi connectivity index (χ2v) is 25.6. The van der Waals surface area contributed by atoms with Gasteiger partial charge in [0.25, 0.3) is 0 Å². The molecule has 0 spiro atoms. The normalized spacial score (nSPS) is 13.3. The first-order valence-electron chi connectivity index (χ1n) is 15.0. The average Bonchev–Trinajstić information content (AvgIpc) is 2.91. The van der Waals surface area contributed by atoms with Crippen molar-refractivity contribution in [3.63, 3.8) is 0 Å². The summed E-state index contributed by atoms with van der Waals surface area (Å²) >= 11 is -0.860. The van der Waals surface area contributed by atoms with E-state index in [-0.39, 0.29) is 0 Å². The zero-order valence-corrected chi connectivity index (χ0v) is 28.3. The predicted octanol–water partition coefficient (Wildman–Crippen LogP) is 9.52. The Hall–Kier alpha value is -2.59. The van der Waals surface area contributed by atoms with Crippen LogP contribution in [0.15, 0.2) is 48.5 Å². The van der Waals surface area contributed by atoms with Gasteiger partial charge in [0.05, 0.1) is 0 Å². The van der Waals surface area contributed by atoms with E-state index in [2.05, 4.69) is 138 Å². The molecule has 0 bridgehead atoms. The summed E-state index contributed by atoms with van der Waals surface area (Å²) in [6.45, 7) is 18.9. The number of hydrogen-bond acceptors (Lipinski definition) is 1. The van der Waals surface area contributed by atoms with Crippen molar-refractivity contribution in [2.24, 2.45) is 0 Å². The molecule has 0 aliphatic heterocycles. The molecule has 0 N–H and O–H groups in total. The molecule has 0 saturated carbocycles. The van der Waals surface area contributed by atoms with Crippen LogP contribution in [0.3, 0.4) is 0 Å². The van der Waals surface area contributed by atoms with Gasteiger partial charge in [-0.3, -0.25) is 0 Å². The van der Waals surface area contributed by atoms with Crippen LogP contribution >= 0.6 is 11.8 Å². The van der Waals surface area contributed by atoms with Gasteiger partial charge in [0.1, 0.15) is 0 Å². The molecule has 4 aromatic rings.